The first-order chi connectivity index (χ1) is 8.77. The van der Waals surface area contributed by atoms with Crippen molar-refractivity contribution in [1.29, 1.82) is 0 Å². The normalized spacial score (nSPS) is 15.6. The van der Waals surface area contributed by atoms with Gasteiger partial charge < -0.3 is 5.32 Å². The fraction of sp³-hybridized carbons (Fsp3) is 0.643. The molecule has 0 amide bonds. The summed E-state index contributed by atoms with van der Waals surface area (Å²) in [6.45, 7) is 8.97. The van der Waals surface area contributed by atoms with Crippen molar-refractivity contribution < 1.29 is 13.2 Å². The molecule has 0 aliphatic rings. The second kappa shape index (κ2) is 6.37. The van der Waals surface area contributed by atoms with Crippen LogP contribution in [-0.4, -0.2) is 17.6 Å². The summed E-state index contributed by atoms with van der Waals surface area (Å²) >= 11 is 0. The first kappa shape index (κ1) is 16.0. The Morgan fingerprint density at radius 3 is 2.21 bits per heavy atom. The minimum absolute atomic E-state index is 0.0993. The third kappa shape index (κ3) is 4.20. The van der Waals surface area contributed by atoms with E-state index < -0.39 is 11.7 Å². The molecule has 1 N–H and O–H groups in total. The summed E-state index contributed by atoms with van der Waals surface area (Å²) in [5, 5.41) is 3.31. The molecule has 108 valence electrons. The highest BCUT2D eigenvalue weighted by molar-refractivity contribution is 5.20. The lowest BCUT2D eigenvalue weighted by Crippen LogP contribution is -2.35. The molecule has 19 heavy (non-hydrogen) atoms. The number of hydrogen-bond donors (Lipinski definition) is 1. The minimum atomic E-state index is -4.33. The van der Waals surface area contributed by atoms with Crippen LogP contribution in [0, 0.1) is 5.92 Å². The van der Waals surface area contributed by atoms with Gasteiger partial charge >= 0.3 is 6.18 Å². The summed E-state index contributed by atoms with van der Waals surface area (Å²) in [4.78, 5) is 4.01. The van der Waals surface area contributed by atoms with E-state index in [4.69, 9.17) is 0 Å². The number of nitrogens with zero attached hydrogens (tertiary/aromatic N) is 1. The maximum atomic E-state index is 12.5. The van der Waals surface area contributed by atoms with Crippen molar-refractivity contribution in [2.45, 2.75) is 45.8 Å². The molecular formula is C14H21F3N2. The fourth-order valence-electron chi connectivity index (χ4n) is 2.39. The van der Waals surface area contributed by atoms with Crippen molar-refractivity contribution in [2.75, 3.05) is 6.54 Å². The van der Waals surface area contributed by atoms with Gasteiger partial charge in [-0.25, -0.2) is 0 Å². The molecule has 0 bridgehead atoms. The minimum Gasteiger partial charge on any atom is -0.314 e. The summed E-state index contributed by atoms with van der Waals surface area (Å²) < 4.78 is 37.5. The van der Waals surface area contributed by atoms with Gasteiger partial charge in [0.05, 0.1) is 5.56 Å². The van der Waals surface area contributed by atoms with E-state index in [1.54, 1.807) is 0 Å². The molecule has 0 aliphatic heterocycles. The van der Waals surface area contributed by atoms with E-state index in [1.165, 1.54) is 6.07 Å². The fourth-order valence-corrected chi connectivity index (χ4v) is 2.39. The Morgan fingerprint density at radius 2 is 1.84 bits per heavy atom. The number of aromatic nitrogens is 1. The predicted molar refractivity (Wildman–Crippen MR) is 70.0 cm³/mol. The van der Waals surface area contributed by atoms with Gasteiger partial charge in [-0.2, -0.15) is 13.2 Å². The number of alkyl halides is 3. The number of nitrogens with one attached hydrogen (secondary N) is 1. The zero-order valence-electron chi connectivity index (χ0n) is 11.8. The summed E-state index contributed by atoms with van der Waals surface area (Å²) in [6.07, 6.45) is -3.41. The van der Waals surface area contributed by atoms with E-state index in [2.05, 4.69) is 24.1 Å². The first-order valence-corrected chi connectivity index (χ1v) is 6.53. The third-order valence-electron chi connectivity index (χ3n) is 3.24. The van der Waals surface area contributed by atoms with Gasteiger partial charge in [0.25, 0.3) is 0 Å². The lowest BCUT2D eigenvalue weighted by Gasteiger charge is -2.27. The van der Waals surface area contributed by atoms with Crippen molar-refractivity contribution in [3.05, 3.63) is 29.6 Å². The summed E-state index contributed by atoms with van der Waals surface area (Å²) in [7, 11) is 0. The van der Waals surface area contributed by atoms with Crippen LogP contribution in [0.15, 0.2) is 18.3 Å². The van der Waals surface area contributed by atoms with E-state index in [9.17, 15) is 13.2 Å². The molecule has 1 aromatic heterocycles. The Kier molecular flexibility index (Phi) is 5.35. The van der Waals surface area contributed by atoms with E-state index in [0.29, 0.717) is 11.6 Å². The molecular weight excluding hydrogens is 253 g/mol. The third-order valence-corrected chi connectivity index (χ3v) is 3.24. The molecule has 1 rings (SSSR count). The molecule has 0 aliphatic carbocycles. The molecule has 0 spiro atoms. The lowest BCUT2D eigenvalue weighted by molar-refractivity contribution is -0.137. The average molecular weight is 274 g/mol. The van der Waals surface area contributed by atoms with Crippen LogP contribution in [0.1, 0.15) is 44.9 Å². The second-order valence-electron chi connectivity index (χ2n) is 5.09. The second-order valence-corrected chi connectivity index (χ2v) is 5.09. The quantitative estimate of drug-likeness (QED) is 0.882. The zero-order chi connectivity index (χ0) is 14.6. The Hall–Kier alpha value is -1.10. The van der Waals surface area contributed by atoms with Crippen molar-refractivity contribution in [3.63, 3.8) is 0 Å². The van der Waals surface area contributed by atoms with Crippen molar-refractivity contribution in [3.8, 4) is 0 Å². The maximum Gasteiger partial charge on any atom is 0.417 e. The van der Waals surface area contributed by atoms with Crippen molar-refractivity contribution in [2.24, 2.45) is 5.92 Å². The van der Waals surface area contributed by atoms with Crippen LogP contribution in [0.5, 0.6) is 0 Å². The van der Waals surface area contributed by atoms with E-state index in [1.807, 2.05) is 13.8 Å². The molecule has 0 aromatic carbocycles. The largest absolute Gasteiger partial charge is 0.417 e. The van der Waals surface area contributed by atoms with Gasteiger partial charge in [-0.1, -0.05) is 20.8 Å². The summed E-state index contributed by atoms with van der Waals surface area (Å²) in [5.41, 5.74) is 0.00584. The van der Waals surface area contributed by atoms with E-state index in [0.717, 1.165) is 18.8 Å². The summed E-state index contributed by atoms with van der Waals surface area (Å²) in [5.74, 6) is 0.403. The molecule has 2 unspecified atom stereocenters. The topological polar surface area (TPSA) is 24.9 Å². The predicted octanol–water partition coefficient (Wildman–Crippen LogP) is 3.84. The highest BCUT2D eigenvalue weighted by Gasteiger charge is 2.31. The average Bonchev–Trinajstić information content (AvgIpc) is 2.28. The molecule has 2 nitrogen and oxygen atoms in total. The molecule has 0 saturated carbocycles. The molecule has 0 saturated heterocycles. The van der Waals surface area contributed by atoms with Crippen LogP contribution >= 0.6 is 0 Å². The lowest BCUT2D eigenvalue weighted by atomic mass is 9.86. The number of halogens is 3. The van der Waals surface area contributed by atoms with Crippen LogP contribution in [0.2, 0.25) is 0 Å². The highest BCUT2D eigenvalue weighted by atomic mass is 19.4. The van der Waals surface area contributed by atoms with Crippen LogP contribution in [-0.2, 0) is 6.18 Å². The van der Waals surface area contributed by atoms with E-state index in [-0.39, 0.29) is 12.0 Å². The van der Waals surface area contributed by atoms with Crippen LogP contribution < -0.4 is 5.32 Å². The van der Waals surface area contributed by atoms with Gasteiger partial charge in [0.15, 0.2) is 0 Å². The maximum absolute atomic E-state index is 12.5. The van der Waals surface area contributed by atoms with Gasteiger partial charge in [0.1, 0.15) is 0 Å². The molecule has 0 radical (unpaired) electrons. The molecule has 0 fully saturated rings. The van der Waals surface area contributed by atoms with Crippen LogP contribution in [0.4, 0.5) is 13.2 Å². The number of pyridine rings is 1. The van der Waals surface area contributed by atoms with Gasteiger partial charge in [-0.15, -0.1) is 0 Å². The van der Waals surface area contributed by atoms with Gasteiger partial charge in [0.2, 0.25) is 0 Å². The Balaban J connectivity index is 2.98. The number of rotatable bonds is 5. The SMILES string of the molecule is CCNC(C)C(c1ccc(C(F)(F)F)cn1)C(C)C. The van der Waals surface area contributed by atoms with Crippen molar-refractivity contribution >= 4 is 0 Å². The van der Waals surface area contributed by atoms with Gasteiger partial charge in [0, 0.05) is 23.9 Å². The molecule has 5 heteroatoms. The standard InChI is InChI=1S/C14H21F3N2/c1-5-18-10(4)13(9(2)3)12-7-6-11(8-19-12)14(15,16)17/h6-10,13,18H,5H2,1-4H3. The van der Waals surface area contributed by atoms with Gasteiger partial charge in [-0.05, 0) is 31.5 Å². The molecule has 1 aromatic rings. The van der Waals surface area contributed by atoms with Gasteiger partial charge in [-0.3, -0.25) is 4.98 Å². The summed E-state index contributed by atoms with van der Waals surface area (Å²) in [6, 6.07) is 2.77. The van der Waals surface area contributed by atoms with Crippen molar-refractivity contribution in [1.82, 2.24) is 10.3 Å². The van der Waals surface area contributed by atoms with E-state index >= 15 is 0 Å². The molecule has 1 heterocycles. The number of likely N-dealkylation sites (N-methyl/N-ethyl adjacent to an activating group) is 1. The number of hydrogen-bond acceptors (Lipinski definition) is 2. The Morgan fingerprint density at radius 1 is 1.21 bits per heavy atom. The zero-order valence-corrected chi connectivity index (χ0v) is 11.8. The Bertz CT molecular complexity index is 385. The van der Waals surface area contributed by atoms with Crippen LogP contribution in [0.3, 0.4) is 0 Å². The molecule has 2 atom stereocenters. The smallest absolute Gasteiger partial charge is 0.314 e. The first-order valence-electron chi connectivity index (χ1n) is 6.53. The highest BCUT2D eigenvalue weighted by Crippen LogP contribution is 2.31. The monoisotopic (exact) mass is 274 g/mol. The Labute approximate surface area is 112 Å². The van der Waals surface area contributed by atoms with Crippen LogP contribution in [0.25, 0.3) is 0 Å².